The Bertz CT molecular complexity index is 631. The summed E-state index contributed by atoms with van der Waals surface area (Å²) in [6, 6.07) is 4.91. The minimum absolute atomic E-state index is 0.380. The van der Waals surface area contributed by atoms with E-state index < -0.39 is 7.12 Å². The molecule has 1 aromatic carbocycles. The van der Waals surface area contributed by atoms with Crippen molar-refractivity contribution in [2.45, 2.75) is 13.8 Å². The number of hydrogen-bond donors (Lipinski definition) is 3. The molecule has 8 heteroatoms. The van der Waals surface area contributed by atoms with Crippen LogP contribution in [0.4, 0.5) is 5.13 Å². The average Bonchev–Trinajstić information content (AvgIpc) is 2.86. The van der Waals surface area contributed by atoms with Crippen molar-refractivity contribution < 1.29 is 14.8 Å². The number of aromatic nitrogens is 1. The molecule has 110 valence electrons. The SMILES string of the molecule is CCOc1ccc(B(O)O)cc1C=NNc1nc(C)cs1. The highest BCUT2D eigenvalue weighted by Gasteiger charge is 2.13. The summed E-state index contributed by atoms with van der Waals surface area (Å²) in [7, 11) is -1.53. The van der Waals surface area contributed by atoms with Gasteiger partial charge in [0.05, 0.1) is 18.5 Å². The standard InChI is InChI=1S/C13H16BN3O3S/c1-3-20-12-5-4-11(14(18)19)6-10(12)7-15-17-13-16-9(2)8-21-13/h4-8,18-19H,3H2,1-2H3,(H,16,17). The molecule has 1 heterocycles. The van der Waals surface area contributed by atoms with Crippen LogP contribution in [0, 0.1) is 6.92 Å². The van der Waals surface area contributed by atoms with Gasteiger partial charge in [-0.15, -0.1) is 11.3 Å². The van der Waals surface area contributed by atoms with Crippen LogP contribution in [0.3, 0.4) is 0 Å². The molecule has 2 aromatic rings. The molecule has 0 fully saturated rings. The Morgan fingerprint density at radius 3 is 2.90 bits per heavy atom. The predicted octanol–water partition coefficient (Wildman–Crippen LogP) is 0.976. The van der Waals surface area contributed by atoms with E-state index in [-0.39, 0.29) is 0 Å². The summed E-state index contributed by atoms with van der Waals surface area (Å²) in [6.07, 6.45) is 1.56. The number of hydrazone groups is 1. The Kier molecular flexibility index (Phi) is 5.32. The van der Waals surface area contributed by atoms with Gasteiger partial charge >= 0.3 is 7.12 Å². The summed E-state index contributed by atoms with van der Waals surface area (Å²) in [4.78, 5) is 4.23. The number of ether oxygens (including phenoxy) is 1. The number of rotatable bonds is 6. The van der Waals surface area contributed by atoms with Crippen LogP contribution in [0.1, 0.15) is 18.2 Å². The molecule has 0 aliphatic rings. The van der Waals surface area contributed by atoms with Crippen LogP contribution in [-0.2, 0) is 0 Å². The first kappa shape index (κ1) is 15.5. The van der Waals surface area contributed by atoms with Crippen molar-refractivity contribution in [1.29, 1.82) is 0 Å². The van der Waals surface area contributed by atoms with Gasteiger partial charge in [-0.1, -0.05) is 6.07 Å². The number of aryl methyl sites for hydroxylation is 1. The number of anilines is 1. The van der Waals surface area contributed by atoms with E-state index in [9.17, 15) is 10.0 Å². The second-order valence-corrected chi connectivity index (χ2v) is 5.13. The first-order valence-corrected chi connectivity index (χ1v) is 7.32. The van der Waals surface area contributed by atoms with Gasteiger partial charge in [-0.2, -0.15) is 5.10 Å². The van der Waals surface area contributed by atoms with Crippen molar-refractivity contribution in [3.8, 4) is 5.75 Å². The molecule has 0 aliphatic carbocycles. The van der Waals surface area contributed by atoms with Gasteiger partial charge in [-0.05, 0) is 31.4 Å². The number of thiazole rings is 1. The van der Waals surface area contributed by atoms with Gasteiger partial charge in [-0.3, -0.25) is 5.43 Å². The smallest absolute Gasteiger partial charge is 0.488 e. The van der Waals surface area contributed by atoms with Crippen LogP contribution in [0.5, 0.6) is 5.75 Å². The third kappa shape index (κ3) is 4.28. The van der Waals surface area contributed by atoms with Gasteiger partial charge in [0.15, 0.2) is 0 Å². The zero-order chi connectivity index (χ0) is 15.2. The fourth-order valence-electron chi connectivity index (χ4n) is 1.68. The van der Waals surface area contributed by atoms with Crippen molar-refractivity contribution in [2.24, 2.45) is 5.10 Å². The quantitative estimate of drug-likeness (QED) is 0.421. The van der Waals surface area contributed by atoms with E-state index in [0.29, 0.717) is 28.5 Å². The fourth-order valence-corrected chi connectivity index (χ4v) is 2.31. The minimum Gasteiger partial charge on any atom is -0.493 e. The summed E-state index contributed by atoms with van der Waals surface area (Å²) in [5.41, 5.74) is 4.79. The highest BCUT2D eigenvalue weighted by atomic mass is 32.1. The molecule has 0 saturated carbocycles. The highest BCUT2D eigenvalue weighted by molar-refractivity contribution is 7.13. The van der Waals surface area contributed by atoms with Crippen LogP contribution in [-0.4, -0.2) is 35.0 Å². The lowest BCUT2D eigenvalue weighted by Gasteiger charge is -2.08. The first-order valence-electron chi connectivity index (χ1n) is 6.44. The monoisotopic (exact) mass is 305 g/mol. The normalized spacial score (nSPS) is 10.9. The Hall–Kier alpha value is -1.90. The number of benzene rings is 1. The molecule has 0 saturated heterocycles. The van der Waals surface area contributed by atoms with Crippen molar-refractivity contribution in [3.05, 3.63) is 34.8 Å². The molecule has 0 radical (unpaired) electrons. The molecule has 0 aliphatic heterocycles. The minimum atomic E-state index is -1.53. The summed E-state index contributed by atoms with van der Waals surface area (Å²) >= 11 is 1.46. The zero-order valence-electron chi connectivity index (χ0n) is 11.8. The molecule has 0 bridgehead atoms. The predicted molar refractivity (Wildman–Crippen MR) is 85.5 cm³/mol. The maximum Gasteiger partial charge on any atom is 0.488 e. The molecule has 0 unspecified atom stereocenters. The average molecular weight is 305 g/mol. The zero-order valence-corrected chi connectivity index (χ0v) is 12.6. The summed E-state index contributed by atoms with van der Waals surface area (Å²) in [5, 5.41) is 25.2. The molecule has 3 N–H and O–H groups in total. The maximum absolute atomic E-state index is 9.22. The van der Waals surface area contributed by atoms with Gasteiger partial charge in [0.1, 0.15) is 5.75 Å². The van der Waals surface area contributed by atoms with Crippen LogP contribution in [0.15, 0.2) is 28.7 Å². The van der Waals surface area contributed by atoms with Crippen molar-refractivity contribution in [2.75, 3.05) is 12.0 Å². The van der Waals surface area contributed by atoms with E-state index in [1.54, 1.807) is 24.4 Å². The molecule has 21 heavy (non-hydrogen) atoms. The molecule has 0 amide bonds. The summed E-state index contributed by atoms with van der Waals surface area (Å²) in [5.74, 6) is 0.628. The Balaban J connectivity index is 2.17. The lowest BCUT2D eigenvalue weighted by Crippen LogP contribution is -2.30. The number of hydrogen-bond acceptors (Lipinski definition) is 7. The van der Waals surface area contributed by atoms with Crippen LogP contribution in [0.25, 0.3) is 0 Å². The van der Waals surface area contributed by atoms with Crippen molar-refractivity contribution >= 4 is 35.3 Å². The fraction of sp³-hybridized carbons (Fsp3) is 0.231. The highest BCUT2D eigenvalue weighted by Crippen LogP contribution is 2.16. The Morgan fingerprint density at radius 2 is 2.29 bits per heavy atom. The molecule has 6 nitrogen and oxygen atoms in total. The molecule has 1 aromatic heterocycles. The van der Waals surface area contributed by atoms with Crippen molar-refractivity contribution in [1.82, 2.24) is 4.98 Å². The largest absolute Gasteiger partial charge is 0.493 e. The maximum atomic E-state index is 9.22. The van der Waals surface area contributed by atoms with Gasteiger partial charge in [-0.25, -0.2) is 4.98 Å². The molecule has 0 spiro atoms. The van der Waals surface area contributed by atoms with Crippen molar-refractivity contribution in [3.63, 3.8) is 0 Å². The third-order valence-electron chi connectivity index (χ3n) is 2.61. The topological polar surface area (TPSA) is 87.0 Å². The van der Waals surface area contributed by atoms with E-state index in [1.165, 1.54) is 11.3 Å². The molecule has 0 atom stereocenters. The van der Waals surface area contributed by atoms with E-state index in [0.717, 1.165) is 5.69 Å². The molecular formula is C13H16BN3O3S. The van der Waals surface area contributed by atoms with Gasteiger partial charge < -0.3 is 14.8 Å². The van der Waals surface area contributed by atoms with E-state index in [2.05, 4.69) is 15.5 Å². The number of nitrogens with one attached hydrogen (secondary N) is 1. The van der Waals surface area contributed by atoms with Crippen LogP contribution in [0.2, 0.25) is 0 Å². The van der Waals surface area contributed by atoms with Crippen LogP contribution < -0.4 is 15.6 Å². The summed E-state index contributed by atoms with van der Waals surface area (Å²) < 4.78 is 5.48. The molecule has 2 rings (SSSR count). The summed E-state index contributed by atoms with van der Waals surface area (Å²) in [6.45, 7) is 4.30. The van der Waals surface area contributed by atoms with Crippen LogP contribution >= 0.6 is 11.3 Å². The van der Waals surface area contributed by atoms with Gasteiger partial charge in [0, 0.05) is 10.9 Å². The van der Waals surface area contributed by atoms with E-state index in [4.69, 9.17) is 4.74 Å². The Morgan fingerprint density at radius 1 is 1.48 bits per heavy atom. The van der Waals surface area contributed by atoms with Gasteiger partial charge in [0.25, 0.3) is 0 Å². The van der Waals surface area contributed by atoms with E-state index in [1.807, 2.05) is 19.2 Å². The Labute approximate surface area is 127 Å². The third-order valence-corrected chi connectivity index (χ3v) is 3.48. The van der Waals surface area contributed by atoms with E-state index >= 15 is 0 Å². The lowest BCUT2D eigenvalue weighted by molar-refractivity contribution is 0.340. The lowest BCUT2D eigenvalue weighted by atomic mass is 9.79. The second-order valence-electron chi connectivity index (χ2n) is 4.27. The first-order chi connectivity index (χ1) is 10.1. The van der Waals surface area contributed by atoms with Gasteiger partial charge in [0.2, 0.25) is 5.13 Å². The molecular weight excluding hydrogens is 289 g/mol. The number of nitrogens with zero attached hydrogens (tertiary/aromatic N) is 2. The second kappa shape index (κ2) is 7.21.